The molecule has 0 heterocycles. The van der Waals surface area contributed by atoms with Crippen LogP contribution >= 0.6 is 0 Å². The molecule has 80 valence electrons. The second-order valence-electron chi connectivity index (χ2n) is 3.06. The Morgan fingerprint density at radius 3 is 2.87 bits per heavy atom. The number of carboxylic acid groups (broad SMARTS) is 1. The van der Waals surface area contributed by atoms with Gasteiger partial charge < -0.3 is 9.84 Å². The van der Waals surface area contributed by atoms with E-state index in [2.05, 4.69) is 0 Å². The van der Waals surface area contributed by atoms with E-state index in [1.165, 1.54) is 6.08 Å². The molecule has 0 bridgehead atoms. The van der Waals surface area contributed by atoms with Gasteiger partial charge in [0.25, 0.3) is 0 Å². The maximum absolute atomic E-state index is 10.4. The molecule has 0 radical (unpaired) electrons. The van der Waals surface area contributed by atoms with Crippen LogP contribution in [-0.2, 0) is 4.79 Å². The molecule has 0 fully saturated rings. The lowest BCUT2D eigenvalue weighted by atomic mass is 10.2. The molecule has 0 saturated carbocycles. The Hall–Kier alpha value is -1.77. The summed E-state index contributed by atoms with van der Waals surface area (Å²) in [5.41, 5.74) is 0.786. The van der Waals surface area contributed by atoms with Crippen molar-refractivity contribution < 1.29 is 14.6 Å². The smallest absolute Gasteiger partial charge is 0.328 e. The second kappa shape index (κ2) is 5.86. The van der Waals surface area contributed by atoms with Crippen LogP contribution in [0.15, 0.2) is 30.3 Å². The van der Waals surface area contributed by atoms with Crippen LogP contribution in [0.5, 0.6) is 5.75 Å². The van der Waals surface area contributed by atoms with Crippen molar-refractivity contribution in [1.82, 2.24) is 0 Å². The van der Waals surface area contributed by atoms with Gasteiger partial charge in [-0.1, -0.05) is 25.1 Å². The minimum Gasteiger partial charge on any atom is -0.493 e. The number of carbonyl (C=O) groups is 1. The van der Waals surface area contributed by atoms with Crippen molar-refractivity contribution >= 4 is 12.0 Å². The van der Waals surface area contributed by atoms with Crippen molar-refractivity contribution in [2.75, 3.05) is 6.61 Å². The molecule has 0 saturated heterocycles. The van der Waals surface area contributed by atoms with Gasteiger partial charge in [-0.05, 0) is 18.6 Å². The molecule has 0 aliphatic rings. The summed E-state index contributed by atoms with van der Waals surface area (Å²) in [5.74, 6) is -0.239. The lowest BCUT2D eigenvalue weighted by molar-refractivity contribution is -0.131. The number of aliphatic carboxylic acids is 1. The predicted octanol–water partition coefficient (Wildman–Crippen LogP) is 2.57. The topological polar surface area (TPSA) is 46.5 Å². The molecule has 1 rings (SSSR count). The fourth-order valence-electron chi connectivity index (χ4n) is 1.12. The first-order valence-electron chi connectivity index (χ1n) is 4.87. The van der Waals surface area contributed by atoms with Crippen LogP contribution in [0.1, 0.15) is 18.9 Å². The molecule has 1 N–H and O–H groups in total. The summed E-state index contributed by atoms with van der Waals surface area (Å²) in [6.07, 6.45) is 3.57. The van der Waals surface area contributed by atoms with Gasteiger partial charge in [0.05, 0.1) is 6.61 Å². The first-order valence-corrected chi connectivity index (χ1v) is 4.87. The molecule has 0 atom stereocenters. The molecule has 0 aromatic heterocycles. The lowest BCUT2D eigenvalue weighted by Crippen LogP contribution is -1.96. The molecule has 1 aromatic rings. The minimum absolute atomic E-state index is 0.637. The third-order valence-corrected chi connectivity index (χ3v) is 1.79. The molecule has 0 spiro atoms. The summed E-state index contributed by atoms with van der Waals surface area (Å²) in [7, 11) is 0. The summed E-state index contributed by atoms with van der Waals surface area (Å²) < 4.78 is 5.47. The SMILES string of the molecule is CCCOc1ccccc1/C=C/C(=O)O. The summed E-state index contributed by atoms with van der Waals surface area (Å²) in [5, 5.41) is 8.51. The Balaban J connectivity index is 2.81. The highest BCUT2D eigenvalue weighted by Crippen LogP contribution is 2.19. The molecular weight excluding hydrogens is 192 g/mol. The Labute approximate surface area is 89.0 Å². The molecule has 0 amide bonds. The van der Waals surface area contributed by atoms with Gasteiger partial charge in [-0.25, -0.2) is 4.79 Å². The fraction of sp³-hybridized carbons (Fsp3) is 0.250. The van der Waals surface area contributed by atoms with E-state index < -0.39 is 5.97 Å². The van der Waals surface area contributed by atoms with E-state index in [1.807, 2.05) is 31.2 Å². The quantitative estimate of drug-likeness (QED) is 0.753. The van der Waals surface area contributed by atoms with Crippen LogP contribution in [0.4, 0.5) is 0 Å². The largest absolute Gasteiger partial charge is 0.493 e. The first-order chi connectivity index (χ1) is 7.24. The molecule has 15 heavy (non-hydrogen) atoms. The number of ether oxygens (including phenoxy) is 1. The minimum atomic E-state index is -0.958. The Bertz CT molecular complexity index is 356. The van der Waals surface area contributed by atoms with E-state index in [-0.39, 0.29) is 0 Å². The number of hydrogen-bond acceptors (Lipinski definition) is 2. The van der Waals surface area contributed by atoms with Crippen LogP contribution in [0.25, 0.3) is 6.08 Å². The predicted molar refractivity (Wildman–Crippen MR) is 58.9 cm³/mol. The summed E-state index contributed by atoms with van der Waals surface area (Å²) in [6.45, 7) is 2.66. The fourth-order valence-corrected chi connectivity index (χ4v) is 1.12. The van der Waals surface area contributed by atoms with Crippen molar-refractivity contribution in [3.63, 3.8) is 0 Å². The summed E-state index contributed by atoms with van der Waals surface area (Å²) in [6, 6.07) is 7.37. The van der Waals surface area contributed by atoms with E-state index in [0.717, 1.165) is 23.8 Å². The van der Waals surface area contributed by atoms with Crippen molar-refractivity contribution in [2.24, 2.45) is 0 Å². The normalized spacial score (nSPS) is 10.5. The maximum Gasteiger partial charge on any atom is 0.328 e. The highest BCUT2D eigenvalue weighted by atomic mass is 16.5. The molecule has 0 aliphatic heterocycles. The molecule has 0 aliphatic carbocycles. The van der Waals surface area contributed by atoms with E-state index in [0.29, 0.717) is 6.61 Å². The van der Waals surface area contributed by atoms with Crippen LogP contribution < -0.4 is 4.74 Å². The third-order valence-electron chi connectivity index (χ3n) is 1.79. The molecule has 1 aromatic carbocycles. The van der Waals surface area contributed by atoms with Crippen LogP contribution in [0, 0.1) is 0 Å². The summed E-state index contributed by atoms with van der Waals surface area (Å²) in [4.78, 5) is 10.4. The van der Waals surface area contributed by atoms with E-state index in [9.17, 15) is 4.79 Å². The number of hydrogen-bond donors (Lipinski definition) is 1. The zero-order valence-corrected chi connectivity index (χ0v) is 8.64. The second-order valence-corrected chi connectivity index (χ2v) is 3.06. The Morgan fingerprint density at radius 2 is 2.20 bits per heavy atom. The molecular formula is C12H14O3. The highest BCUT2D eigenvalue weighted by Gasteiger charge is 1.99. The standard InChI is InChI=1S/C12H14O3/c1-2-9-15-11-6-4-3-5-10(11)7-8-12(13)14/h3-8H,2,9H2,1H3,(H,13,14)/b8-7+. The average molecular weight is 206 g/mol. The average Bonchev–Trinajstić information content (AvgIpc) is 2.24. The Morgan fingerprint density at radius 1 is 1.47 bits per heavy atom. The van der Waals surface area contributed by atoms with Crippen molar-refractivity contribution in [2.45, 2.75) is 13.3 Å². The van der Waals surface area contributed by atoms with Crippen LogP contribution in [0.3, 0.4) is 0 Å². The van der Waals surface area contributed by atoms with Crippen molar-refractivity contribution in [3.8, 4) is 5.75 Å². The van der Waals surface area contributed by atoms with Gasteiger partial charge in [-0.15, -0.1) is 0 Å². The van der Waals surface area contributed by atoms with Gasteiger partial charge in [0, 0.05) is 11.6 Å². The monoisotopic (exact) mass is 206 g/mol. The van der Waals surface area contributed by atoms with Gasteiger partial charge in [-0.2, -0.15) is 0 Å². The third kappa shape index (κ3) is 3.85. The van der Waals surface area contributed by atoms with E-state index in [1.54, 1.807) is 0 Å². The Kier molecular flexibility index (Phi) is 4.41. The lowest BCUT2D eigenvalue weighted by Gasteiger charge is -2.07. The van der Waals surface area contributed by atoms with Crippen molar-refractivity contribution in [1.29, 1.82) is 0 Å². The van der Waals surface area contributed by atoms with Crippen molar-refractivity contribution in [3.05, 3.63) is 35.9 Å². The van der Waals surface area contributed by atoms with Gasteiger partial charge in [0.1, 0.15) is 5.75 Å². The number of carboxylic acids is 1. The highest BCUT2D eigenvalue weighted by molar-refractivity contribution is 5.85. The van der Waals surface area contributed by atoms with Crippen LogP contribution in [0.2, 0.25) is 0 Å². The van der Waals surface area contributed by atoms with Gasteiger partial charge >= 0.3 is 5.97 Å². The van der Waals surface area contributed by atoms with Gasteiger partial charge in [-0.3, -0.25) is 0 Å². The van der Waals surface area contributed by atoms with Gasteiger partial charge in [0.2, 0.25) is 0 Å². The number of para-hydroxylation sites is 1. The zero-order valence-electron chi connectivity index (χ0n) is 8.64. The number of benzene rings is 1. The molecule has 0 unspecified atom stereocenters. The molecule has 3 heteroatoms. The summed E-state index contributed by atoms with van der Waals surface area (Å²) >= 11 is 0. The van der Waals surface area contributed by atoms with E-state index in [4.69, 9.17) is 9.84 Å². The van der Waals surface area contributed by atoms with Crippen LogP contribution in [-0.4, -0.2) is 17.7 Å². The van der Waals surface area contributed by atoms with E-state index >= 15 is 0 Å². The first kappa shape index (κ1) is 11.3. The maximum atomic E-state index is 10.4. The zero-order chi connectivity index (χ0) is 11.1. The molecule has 3 nitrogen and oxygen atoms in total. The van der Waals surface area contributed by atoms with Gasteiger partial charge in [0.15, 0.2) is 0 Å². The number of rotatable bonds is 5.